The summed E-state index contributed by atoms with van der Waals surface area (Å²) in [5.41, 5.74) is 17.1. The molecule has 0 spiro atoms. The summed E-state index contributed by atoms with van der Waals surface area (Å²) in [6.45, 7) is 18.1. The first kappa shape index (κ1) is 24.3. The molecule has 0 atom stereocenters. The Kier molecular flexibility index (Phi) is 6.25. The Bertz CT molecular complexity index is 1480. The van der Waals surface area contributed by atoms with Crippen LogP contribution in [0.3, 0.4) is 0 Å². The molecule has 0 aliphatic rings. The molecule has 0 amide bonds. The van der Waals surface area contributed by atoms with Gasteiger partial charge in [-0.25, -0.2) is 0 Å². The molecule has 0 saturated carbocycles. The van der Waals surface area contributed by atoms with Crippen LogP contribution in [0.2, 0.25) is 0 Å². The van der Waals surface area contributed by atoms with Gasteiger partial charge < -0.3 is 0 Å². The zero-order valence-electron chi connectivity index (χ0n) is 23.2. The van der Waals surface area contributed by atoms with Crippen LogP contribution in [0, 0.1) is 55.4 Å². The van der Waals surface area contributed by atoms with Crippen LogP contribution in [-0.4, -0.2) is 0 Å². The highest BCUT2D eigenvalue weighted by molar-refractivity contribution is 6.01. The van der Waals surface area contributed by atoms with E-state index < -0.39 is 0 Å². The molecule has 0 radical (unpaired) electrons. The second-order valence-electron chi connectivity index (χ2n) is 11.0. The van der Waals surface area contributed by atoms with Crippen molar-refractivity contribution in [3.63, 3.8) is 0 Å². The first-order valence-electron chi connectivity index (χ1n) is 13.2. The monoisotopic (exact) mass is 472 g/mol. The third-order valence-corrected chi connectivity index (χ3v) is 8.84. The fourth-order valence-corrected chi connectivity index (χ4v) is 5.97. The van der Waals surface area contributed by atoms with Crippen molar-refractivity contribution in [2.45, 2.75) is 68.2 Å². The molecule has 0 heterocycles. The predicted molar refractivity (Wildman–Crippen MR) is 160 cm³/mol. The molecule has 0 heteroatoms. The van der Waals surface area contributed by atoms with E-state index in [1.165, 1.54) is 88.3 Å². The van der Waals surface area contributed by atoms with E-state index in [1.54, 1.807) is 0 Å². The zero-order valence-corrected chi connectivity index (χ0v) is 23.2. The van der Waals surface area contributed by atoms with Crippen LogP contribution in [0.1, 0.15) is 68.2 Å². The zero-order chi connectivity index (χ0) is 25.7. The smallest absolute Gasteiger partial charge is 0 e. The summed E-state index contributed by atoms with van der Waals surface area (Å²) in [4.78, 5) is 0. The number of benzene rings is 5. The minimum Gasteiger partial charge on any atom is -0.0616 e. The lowest BCUT2D eigenvalue weighted by atomic mass is 9.85. The molecule has 5 aromatic carbocycles. The Morgan fingerprint density at radius 3 is 1.11 bits per heavy atom. The van der Waals surface area contributed by atoms with E-state index in [4.69, 9.17) is 0 Å². The molecule has 0 nitrogen and oxygen atoms in total. The molecule has 0 aliphatic heterocycles. The molecule has 0 unspecified atom stereocenters. The van der Waals surface area contributed by atoms with Crippen molar-refractivity contribution in [1.29, 1.82) is 0 Å². The largest absolute Gasteiger partial charge is 0.0616 e. The van der Waals surface area contributed by atoms with Crippen molar-refractivity contribution >= 4 is 21.5 Å². The van der Waals surface area contributed by atoms with Crippen molar-refractivity contribution < 1.29 is 1.43 Å². The predicted octanol–water partition coefficient (Wildman–Crippen LogP) is 9.89. The topological polar surface area (TPSA) is 0 Å². The molecule has 184 valence electrons. The van der Waals surface area contributed by atoms with Crippen LogP contribution in [0.25, 0.3) is 21.5 Å². The average Bonchev–Trinajstić information content (AvgIpc) is 2.86. The first-order chi connectivity index (χ1) is 17.2. The number of rotatable bonds is 4. The van der Waals surface area contributed by atoms with Gasteiger partial charge in [-0.05, 0) is 169 Å². The van der Waals surface area contributed by atoms with Crippen LogP contribution in [-0.2, 0) is 12.8 Å². The average molecular weight is 473 g/mol. The van der Waals surface area contributed by atoms with E-state index in [0.717, 1.165) is 12.8 Å². The van der Waals surface area contributed by atoms with Gasteiger partial charge >= 0.3 is 0 Å². The van der Waals surface area contributed by atoms with Crippen molar-refractivity contribution in [3.8, 4) is 0 Å². The van der Waals surface area contributed by atoms with Crippen molar-refractivity contribution in [2.24, 2.45) is 0 Å². The summed E-state index contributed by atoms with van der Waals surface area (Å²) in [7, 11) is 0. The van der Waals surface area contributed by atoms with Gasteiger partial charge in [0, 0.05) is 1.43 Å². The number of aryl methyl sites for hydroxylation is 4. The first-order valence-corrected chi connectivity index (χ1v) is 13.2. The normalized spacial score (nSPS) is 11.6. The molecule has 0 aromatic heterocycles. The van der Waals surface area contributed by atoms with Crippen molar-refractivity contribution in [2.75, 3.05) is 0 Å². The third kappa shape index (κ3) is 4.13. The van der Waals surface area contributed by atoms with Gasteiger partial charge in [0.2, 0.25) is 0 Å². The number of hydrogen-bond donors (Lipinski definition) is 0. The molecule has 0 bridgehead atoms. The summed E-state index contributed by atoms with van der Waals surface area (Å²) in [6.07, 6.45) is 1.94. The van der Waals surface area contributed by atoms with E-state index in [-0.39, 0.29) is 1.43 Å². The lowest BCUT2D eigenvalue weighted by Gasteiger charge is -2.19. The van der Waals surface area contributed by atoms with Crippen molar-refractivity contribution in [3.05, 3.63) is 127 Å². The molecule has 0 N–H and O–H groups in total. The summed E-state index contributed by atoms with van der Waals surface area (Å²) < 4.78 is 0. The fraction of sp³-hybridized carbons (Fsp3) is 0.278. The molecule has 0 aliphatic carbocycles. The lowest BCUT2D eigenvalue weighted by molar-refractivity contribution is 1.08. The van der Waals surface area contributed by atoms with Gasteiger partial charge in [0.25, 0.3) is 0 Å². The van der Waals surface area contributed by atoms with Crippen LogP contribution in [0.15, 0.2) is 60.7 Å². The molecule has 5 aromatic rings. The highest BCUT2D eigenvalue weighted by atomic mass is 14.2. The van der Waals surface area contributed by atoms with Gasteiger partial charge in [-0.2, -0.15) is 0 Å². The maximum atomic E-state index is 2.43. The number of hydrogen-bond acceptors (Lipinski definition) is 0. The molecule has 5 rings (SSSR count). The van der Waals surface area contributed by atoms with Gasteiger partial charge in [-0.3, -0.25) is 0 Å². The van der Waals surface area contributed by atoms with Crippen LogP contribution in [0.4, 0.5) is 0 Å². The minimum atomic E-state index is 0. The highest BCUT2D eigenvalue weighted by Gasteiger charge is 2.15. The quantitative estimate of drug-likeness (QED) is 0.228. The van der Waals surface area contributed by atoms with E-state index in [9.17, 15) is 0 Å². The Balaban J connectivity index is 0.00000320. The number of fused-ring (bicyclic) bond motifs is 2. The Morgan fingerprint density at radius 2 is 0.778 bits per heavy atom. The van der Waals surface area contributed by atoms with Crippen LogP contribution >= 0.6 is 0 Å². The van der Waals surface area contributed by atoms with E-state index in [0.29, 0.717) is 0 Å². The summed E-state index contributed by atoms with van der Waals surface area (Å²) in [5, 5.41) is 5.42. The van der Waals surface area contributed by atoms with E-state index >= 15 is 0 Å². The van der Waals surface area contributed by atoms with Crippen LogP contribution < -0.4 is 0 Å². The molecular formula is C36H40. The Morgan fingerprint density at radius 1 is 0.444 bits per heavy atom. The van der Waals surface area contributed by atoms with Gasteiger partial charge in [0.05, 0.1) is 0 Å². The van der Waals surface area contributed by atoms with E-state index in [2.05, 4.69) is 116 Å². The van der Waals surface area contributed by atoms with Crippen molar-refractivity contribution in [1.82, 2.24) is 0 Å². The van der Waals surface area contributed by atoms with Crippen LogP contribution in [0.5, 0.6) is 0 Å². The molecule has 0 fully saturated rings. The Labute approximate surface area is 218 Å². The maximum absolute atomic E-state index is 2.43. The molecule has 36 heavy (non-hydrogen) atoms. The fourth-order valence-electron chi connectivity index (χ4n) is 5.97. The Hall–Kier alpha value is -3.38. The summed E-state index contributed by atoms with van der Waals surface area (Å²) in [5.74, 6) is 0. The van der Waals surface area contributed by atoms with Gasteiger partial charge in [0.1, 0.15) is 0 Å². The van der Waals surface area contributed by atoms with Gasteiger partial charge in [-0.1, -0.05) is 48.5 Å². The molecule has 0 saturated heterocycles. The summed E-state index contributed by atoms with van der Waals surface area (Å²) >= 11 is 0. The summed E-state index contributed by atoms with van der Waals surface area (Å²) in [6, 6.07) is 23.1. The van der Waals surface area contributed by atoms with Gasteiger partial charge in [-0.15, -0.1) is 0 Å². The highest BCUT2D eigenvalue weighted by Crippen LogP contribution is 2.34. The lowest BCUT2D eigenvalue weighted by Crippen LogP contribution is -2.03. The molecular weight excluding hydrogens is 432 g/mol. The van der Waals surface area contributed by atoms with Gasteiger partial charge in [0.15, 0.2) is 0 Å². The van der Waals surface area contributed by atoms with E-state index in [1.807, 2.05) is 0 Å². The minimum absolute atomic E-state index is 0. The SMILES string of the molecule is Cc1cc(C)c(C)c(Cc2ccc(Cc3c(C)c(C)cc(C)c3C)c3cc4ccccc4cc23)c1C.[HH]. The third-order valence-electron chi connectivity index (χ3n) is 8.84. The standard InChI is InChI=1S/C36H38.H2/c1-21-15-22(2)26(6)33(25(21)5)19-31-13-14-32(20-34-27(7)23(3)16-24(4)28(34)8)36-18-30-12-10-9-11-29(30)17-35(31)36;/h9-18H,19-20H2,1-8H3;1H. The second kappa shape index (κ2) is 9.25. The maximum Gasteiger partial charge on any atom is 0 e. The second-order valence-corrected chi connectivity index (χ2v) is 11.0.